The summed E-state index contributed by atoms with van der Waals surface area (Å²) in [5, 5.41) is 0. The van der Waals surface area contributed by atoms with Crippen molar-refractivity contribution in [2.24, 2.45) is 4.99 Å². The van der Waals surface area contributed by atoms with Crippen molar-refractivity contribution >= 4 is 45.2 Å². The number of ether oxygens (including phenoxy) is 1. The molecule has 35 heavy (non-hydrogen) atoms. The molecule has 0 unspecified atom stereocenters. The number of thiazole rings is 1. The van der Waals surface area contributed by atoms with Gasteiger partial charge in [0.05, 0.1) is 32.9 Å². The van der Waals surface area contributed by atoms with Gasteiger partial charge in [-0.1, -0.05) is 49.4 Å². The predicted octanol–water partition coefficient (Wildman–Crippen LogP) is 4.34. The molecule has 0 aliphatic carbocycles. The lowest BCUT2D eigenvalue weighted by Gasteiger charge is -2.25. The summed E-state index contributed by atoms with van der Waals surface area (Å²) >= 11 is 4.77. The normalized spacial score (nSPS) is 15.9. The fourth-order valence-corrected chi connectivity index (χ4v) is 5.74. The number of hydrogen-bond acceptors (Lipinski definition) is 7. The fraction of sp³-hybridized carbons (Fsp3) is 0.346. The van der Waals surface area contributed by atoms with Gasteiger partial charge in [-0.05, 0) is 46.8 Å². The molecule has 0 fully saturated rings. The molecular weight excluding hydrogens is 530 g/mol. The molecule has 1 atom stereocenters. The van der Waals surface area contributed by atoms with E-state index in [1.165, 1.54) is 16.9 Å². The number of nitrogens with zero attached hydrogens (tertiary/aromatic N) is 3. The van der Waals surface area contributed by atoms with Crippen LogP contribution in [0.5, 0.6) is 0 Å². The first-order chi connectivity index (χ1) is 16.6. The van der Waals surface area contributed by atoms with Crippen molar-refractivity contribution < 1.29 is 13.9 Å². The Kier molecular flexibility index (Phi) is 7.19. The highest BCUT2D eigenvalue weighted by Gasteiger charge is 2.33. The Morgan fingerprint density at radius 3 is 2.57 bits per heavy atom. The number of anilines is 1. The van der Waals surface area contributed by atoms with Crippen molar-refractivity contribution in [2.75, 3.05) is 25.6 Å². The molecule has 0 radical (unpaired) electrons. The van der Waals surface area contributed by atoms with Crippen LogP contribution in [0.3, 0.4) is 0 Å². The molecule has 0 amide bonds. The molecule has 3 heterocycles. The molecular formula is C26H28BrN3O4S. The standard InChI is InChI=1S/C26H28BrN3O4S/c1-7-33-25(32)21-15(4)28-26-30(22(21)17-10-8-16(9-11-17)14(2)3)23(31)20(35-26)13-18-12-19(27)24(34-18)29(5)6/h8-14,22H,7H2,1-6H3/b20-13+/t22-/m0/s1. The highest BCUT2D eigenvalue weighted by Crippen LogP contribution is 2.32. The van der Waals surface area contributed by atoms with Gasteiger partial charge in [0, 0.05) is 26.2 Å². The van der Waals surface area contributed by atoms with Gasteiger partial charge in [-0.2, -0.15) is 0 Å². The molecule has 0 bridgehead atoms. The summed E-state index contributed by atoms with van der Waals surface area (Å²) in [4.78, 5) is 33.7. The minimum atomic E-state index is -0.630. The Labute approximate surface area is 216 Å². The van der Waals surface area contributed by atoms with Crippen LogP contribution in [0.2, 0.25) is 0 Å². The van der Waals surface area contributed by atoms with Gasteiger partial charge in [0.2, 0.25) is 5.88 Å². The monoisotopic (exact) mass is 557 g/mol. The summed E-state index contributed by atoms with van der Waals surface area (Å²) in [7, 11) is 3.76. The maximum Gasteiger partial charge on any atom is 0.338 e. The highest BCUT2D eigenvalue weighted by atomic mass is 79.9. The lowest BCUT2D eigenvalue weighted by atomic mass is 9.93. The van der Waals surface area contributed by atoms with Crippen LogP contribution in [0.25, 0.3) is 6.08 Å². The number of rotatable bonds is 6. The van der Waals surface area contributed by atoms with E-state index in [0.29, 0.717) is 38.2 Å². The Hall–Kier alpha value is -2.91. The number of benzene rings is 1. The van der Waals surface area contributed by atoms with E-state index in [4.69, 9.17) is 9.15 Å². The van der Waals surface area contributed by atoms with Crippen molar-refractivity contribution in [1.82, 2.24) is 4.57 Å². The molecule has 0 spiro atoms. The summed E-state index contributed by atoms with van der Waals surface area (Å²) in [6.45, 7) is 8.03. The minimum Gasteiger partial charge on any atom is -0.463 e. The van der Waals surface area contributed by atoms with E-state index in [2.05, 4.69) is 34.8 Å². The van der Waals surface area contributed by atoms with Gasteiger partial charge in [-0.15, -0.1) is 0 Å². The third-order valence-corrected chi connectivity index (χ3v) is 7.35. The van der Waals surface area contributed by atoms with Crippen molar-refractivity contribution in [1.29, 1.82) is 0 Å². The molecule has 0 saturated carbocycles. The predicted molar refractivity (Wildman–Crippen MR) is 142 cm³/mol. The number of fused-ring (bicyclic) bond motifs is 1. The Morgan fingerprint density at radius 2 is 2.00 bits per heavy atom. The average Bonchev–Trinajstić information content (AvgIpc) is 3.32. The Morgan fingerprint density at radius 1 is 1.31 bits per heavy atom. The van der Waals surface area contributed by atoms with E-state index >= 15 is 0 Å². The summed E-state index contributed by atoms with van der Waals surface area (Å²) in [6, 6.07) is 9.22. The molecule has 9 heteroatoms. The number of esters is 1. The van der Waals surface area contributed by atoms with Crippen molar-refractivity contribution in [3.8, 4) is 0 Å². The van der Waals surface area contributed by atoms with E-state index in [0.717, 1.165) is 10.0 Å². The van der Waals surface area contributed by atoms with Gasteiger partial charge in [-0.25, -0.2) is 9.79 Å². The number of carbonyl (C=O) groups excluding carboxylic acids is 1. The summed E-state index contributed by atoms with van der Waals surface area (Å²) in [5.74, 6) is 1.11. The van der Waals surface area contributed by atoms with Crippen molar-refractivity contribution in [2.45, 2.75) is 39.7 Å². The number of halogens is 1. The van der Waals surface area contributed by atoms with Crippen LogP contribution in [0, 0.1) is 0 Å². The van der Waals surface area contributed by atoms with E-state index in [9.17, 15) is 9.59 Å². The zero-order chi connectivity index (χ0) is 25.4. The van der Waals surface area contributed by atoms with E-state index < -0.39 is 12.0 Å². The summed E-state index contributed by atoms with van der Waals surface area (Å²) < 4.78 is 14.1. The highest BCUT2D eigenvalue weighted by molar-refractivity contribution is 9.10. The van der Waals surface area contributed by atoms with E-state index in [1.54, 1.807) is 24.5 Å². The second kappa shape index (κ2) is 9.99. The van der Waals surface area contributed by atoms with Gasteiger partial charge >= 0.3 is 5.97 Å². The van der Waals surface area contributed by atoms with Gasteiger partial charge in [0.25, 0.3) is 5.56 Å². The molecule has 0 saturated heterocycles. The fourth-order valence-electron chi connectivity index (χ4n) is 4.05. The van der Waals surface area contributed by atoms with E-state index in [-0.39, 0.29) is 12.2 Å². The van der Waals surface area contributed by atoms with Gasteiger partial charge in [0.15, 0.2) is 4.80 Å². The van der Waals surface area contributed by atoms with Crippen LogP contribution in [0.4, 0.5) is 5.88 Å². The van der Waals surface area contributed by atoms with Gasteiger partial charge in [-0.3, -0.25) is 9.36 Å². The van der Waals surface area contributed by atoms with E-state index in [1.807, 2.05) is 49.3 Å². The molecule has 3 aromatic rings. The lowest BCUT2D eigenvalue weighted by molar-refractivity contribution is -0.139. The van der Waals surface area contributed by atoms with Crippen LogP contribution < -0.4 is 19.8 Å². The molecule has 1 aliphatic heterocycles. The zero-order valence-electron chi connectivity index (χ0n) is 20.6. The first kappa shape index (κ1) is 25.2. The molecule has 2 aromatic heterocycles. The minimum absolute atomic E-state index is 0.236. The number of hydrogen-bond donors (Lipinski definition) is 0. The average molecular weight is 558 g/mol. The largest absolute Gasteiger partial charge is 0.463 e. The van der Waals surface area contributed by atoms with Crippen molar-refractivity contribution in [3.63, 3.8) is 0 Å². The molecule has 1 aliphatic rings. The van der Waals surface area contributed by atoms with Gasteiger partial charge in [0.1, 0.15) is 5.76 Å². The molecule has 1 aromatic carbocycles. The second-order valence-corrected chi connectivity index (χ2v) is 10.7. The SMILES string of the molecule is CCOC(=O)C1=C(C)N=c2s/c(=C/c3cc(Br)c(N(C)C)o3)c(=O)n2[C@H]1c1ccc(C(C)C)cc1. The number of allylic oxidation sites excluding steroid dienone is 1. The third kappa shape index (κ3) is 4.79. The topological polar surface area (TPSA) is 77.0 Å². The van der Waals surface area contributed by atoms with Crippen molar-refractivity contribution in [3.05, 3.63) is 82.6 Å². The molecule has 184 valence electrons. The molecule has 7 nitrogen and oxygen atoms in total. The van der Waals surface area contributed by atoms with Gasteiger partial charge < -0.3 is 14.1 Å². The molecule has 0 N–H and O–H groups in total. The first-order valence-corrected chi connectivity index (χ1v) is 13.0. The lowest BCUT2D eigenvalue weighted by Crippen LogP contribution is -2.39. The maximum absolute atomic E-state index is 13.7. The Balaban J connectivity index is 1.91. The molecule has 4 rings (SSSR count). The van der Waals surface area contributed by atoms with Crippen LogP contribution in [-0.4, -0.2) is 31.2 Å². The number of aromatic nitrogens is 1. The summed E-state index contributed by atoms with van der Waals surface area (Å²) in [6.07, 6.45) is 1.71. The van der Waals surface area contributed by atoms with Crippen LogP contribution >= 0.6 is 27.3 Å². The smallest absolute Gasteiger partial charge is 0.338 e. The number of furan rings is 1. The second-order valence-electron chi connectivity index (χ2n) is 8.82. The Bertz CT molecular complexity index is 1480. The van der Waals surface area contributed by atoms with Crippen LogP contribution in [-0.2, 0) is 9.53 Å². The quantitative estimate of drug-likeness (QED) is 0.421. The first-order valence-electron chi connectivity index (χ1n) is 11.4. The zero-order valence-corrected chi connectivity index (χ0v) is 23.0. The summed E-state index contributed by atoms with van der Waals surface area (Å²) in [5.41, 5.74) is 2.69. The maximum atomic E-state index is 13.7. The number of carbonyl (C=O) groups is 1. The third-order valence-electron chi connectivity index (χ3n) is 5.80. The van der Waals surface area contributed by atoms with Crippen LogP contribution in [0.1, 0.15) is 56.5 Å². The van der Waals surface area contributed by atoms with Crippen LogP contribution in [0.15, 0.2) is 60.3 Å².